The van der Waals surface area contributed by atoms with Gasteiger partial charge in [0.05, 0.1) is 13.2 Å². The molecule has 1 aromatic carbocycles. The zero-order chi connectivity index (χ0) is 17.4. The molecule has 0 aliphatic carbocycles. The van der Waals surface area contributed by atoms with Crippen molar-refractivity contribution in [2.24, 2.45) is 0 Å². The van der Waals surface area contributed by atoms with E-state index in [4.69, 9.17) is 9.47 Å². The van der Waals surface area contributed by atoms with Crippen LogP contribution in [0.1, 0.15) is 13.3 Å². The number of urea groups is 1. The highest BCUT2D eigenvalue weighted by atomic mass is 16.5. The topological polar surface area (TPSA) is 79.9 Å². The summed E-state index contributed by atoms with van der Waals surface area (Å²) in [6, 6.07) is 8.63. The van der Waals surface area contributed by atoms with Gasteiger partial charge in [0.2, 0.25) is 5.91 Å². The summed E-state index contributed by atoms with van der Waals surface area (Å²) >= 11 is 0. The Morgan fingerprint density at radius 1 is 1.25 bits per heavy atom. The largest absolute Gasteiger partial charge is 0.488 e. The number of nitrogens with zero attached hydrogens (tertiary/aromatic N) is 1. The summed E-state index contributed by atoms with van der Waals surface area (Å²) < 4.78 is 10.8. The number of rotatable bonds is 7. The van der Waals surface area contributed by atoms with Gasteiger partial charge in [0.1, 0.15) is 17.9 Å². The zero-order valence-electron chi connectivity index (χ0n) is 14.2. The quantitative estimate of drug-likeness (QED) is 0.729. The van der Waals surface area contributed by atoms with Crippen molar-refractivity contribution in [1.82, 2.24) is 15.5 Å². The molecule has 1 heterocycles. The summed E-state index contributed by atoms with van der Waals surface area (Å²) in [5, 5.41) is 5.55. The van der Waals surface area contributed by atoms with Crippen molar-refractivity contribution >= 4 is 11.9 Å². The van der Waals surface area contributed by atoms with Crippen molar-refractivity contribution in [1.29, 1.82) is 0 Å². The molecule has 0 saturated carbocycles. The maximum atomic E-state index is 12.4. The van der Waals surface area contributed by atoms with Gasteiger partial charge in [-0.2, -0.15) is 0 Å². The van der Waals surface area contributed by atoms with E-state index in [-0.39, 0.29) is 18.0 Å². The van der Waals surface area contributed by atoms with Gasteiger partial charge in [0.25, 0.3) is 0 Å². The summed E-state index contributed by atoms with van der Waals surface area (Å²) in [6.45, 7) is 3.59. The van der Waals surface area contributed by atoms with Crippen LogP contribution in [0.4, 0.5) is 4.79 Å². The van der Waals surface area contributed by atoms with Crippen molar-refractivity contribution in [2.75, 3.05) is 33.4 Å². The number of likely N-dealkylation sites (tertiary alicyclic amines) is 1. The third-order valence-corrected chi connectivity index (χ3v) is 3.81. The average Bonchev–Trinajstić information content (AvgIpc) is 3.00. The van der Waals surface area contributed by atoms with Crippen molar-refractivity contribution < 1.29 is 19.1 Å². The summed E-state index contributed by atoms with van der Waals surface area (Å²) in [5.41, 5.74) is 0. The highest BCUT2D eigenvalue weighted by molar-refractivity contribution is 5.87. The molecular weight excluding hydrogens is 310 g/mol. The fraction of sp³-hybridized carbons (Fsp3) is 0.529. The normalized spacial score (nSPS) is 19.8. The van der Waals surface area contributed by atoms with Gasteiger partial charge in [-0.1, -0.05) is 18.2 Å². The van der Waals surface area contributed by atoms with Crippen LogP contribution in [0.25, 0.3) is 0 Å². The van der Waals surface area contributed by atoms with E-state index in [2.05, 4.69) is 10.6 Å². The first-order valence-corrected chi connectivity index (χ1v) is 8.18. The van der Waals surface area contributed by atoms with E-state index in [0.717, 1.165) is 5.75 Å². The summed E-state index contributed by atoms with van der Waals surface area (Å²) in [7, 11) is 1.58. The SMILES string of the molecule is CCNC(=O)N1C[C@@H](Oc2ccccc2)C[C@H]1C(=O)NCCOC. The molecule has 0 spiro atoms. The number of carbonyl (C=O) groups is 2. The van der Waals surface area contributed by atoms with E-state index in [1.807, 2.05) is 37.3 Å². The number of amides is 3. The van der Waals surface area contributed by atoms with Crippen LogP contribution in [0.2, 0.25) is 0 Å². The first kappa shape index (κ1) is 18.1. The van der Waals surface area contributed by atoms with E-state index >= 15 is 0 Å². The number of para-hydroxylation sites is 1. The third-order valence-electron chi connectivity index (χ3n) is 3.81. The Morgan fingerprint density at radius 3 is 2.67 bits per heavy atom. The molecule has 132 valence electrons. The lowest BCUT2D eigenvalue weighted by Crippen LogP contribution is -2.50. The van der Waals surface area contributed by atoms with E-state index in [0.29, 0.717) is 32.7 Å². The first-order chi connectivity index (χ1) is 11.7. The van der Waals surface area contributed by atoms with Gasteiger partial charge in [0.15, 0.2) is 0 Å². The second-order valence-corrected chi connectivity index (χ2v) is 5.58. The summed E-state index contributed by atoms with van der Waals surface area (Å²) in [5.74, 6) is 0.552. The molecule has 2 rings (SSSR count). The molecule has 1 saturated heterocycles. The van der Waals surface area contributed by atoms with E-state index in [1.54, 1.807) is 12.0 Å². The van der Waals surface area contributed by atoms with E-state index < -0.39 is 6.04 Å². The Morgan fingerprint density at radius 2 is 2.00 bits per heavy atom. The lowest BCUT2D eigenvalue weighted by Gasteiger charge is -2.23. The Kier molecular flexibility index (Phi) is 6.87. The highest BCUT2D eigenvalue weighted by Gasteiger charge is 2.40. The minimum Gasteiger partial charge on any atom is -0.488 e. The van der Waals surface area contributed by atoms with E-state index in [1.165, 1.54) is 0 Å². The van der Waals surface area contributed by atoms with Crippen LogP contribution >= 0.6 is 0 Å². The molecule has 1 aliphatic rings. The lowest BCUT2D eigenvalue weighted by atomic mass is 10.2. The van der Waals surface area contributed by atoms with E-state index in [9.17, 15) is 9.59 Å². The monoisotopic (exact) mass is 335 g/mol. The number of carbonyl (C=O) groups excluding carboxylic acids is 2. The molecule has 0 bridgehead atoms. The van der Waals surface area contributed by atoms with Gasteiger partial charge < -0.3 is 25.0 Å². The number of nitrogens with one attached hydrogen (secondary N) is 2. The van der Waals surface area contributed by atoms with Crippen LogP contribution in [0.3, 0.4) is 0 Å². The molecule has 1 aliphatic heterocycles. The van der Waals surface area contributed by atoms with Crippen molar-refractivity contribution in [2.45, 2.75) is 25.5 Å². The Balaban J connectivity index is 2.01. The van der Waals surface area contributed by atoms with Gasteiger partial charge in [-0.05, 0) is 19.1 Å². The maximum absolute atomic E-state index is 12.4. The molecule has 2 atom stereocenters. The standard InChI is InChI=1S/C17H25N3O4/c1-3-18-17(22)20-12-14(24-13-7-5-4-6-8-13)11-15(20)16(21)19-9-10-23-2/h4-8,14-15H,3,9-12H2,1-2H3,(H,18,22)(H,19,21)/t14-,15-/m0/s1. The molecule has 1 fully saturated rings. The van der Waals surface area contributed by atoms with Crippen LogP contribution < -0.4 is 15.4 Å². The summed E-state index contributed by atoms with van der Waals surface area (Å²) in [6.07, 6.45) is 0.248. The minimum absolute atomic E-state index is 0.183. The highest BCUT2D eigenvalue weighted by Crippen LogP contribution is 2.23. The van der Waals surface area contributed by atoms with Crippen LogP contribution in [-0.4, -0.2) is 62.3 Å². The molecule has 7 nitrogen and oxygen atoms in total. The fourth-order valence-corrected chi connectivity index (χ4v) is 2.69. The van der Waals surface area contributed by atoms with Gasteiger partial charge in [-0.15, -0.1) is 0 Å². The second kappa shape index (κ2) is 9.12. The molecule has 7 heteroatoms. The van der Waals surface area contributed by atoms with Crippen LogP contribution in [0.5, 0.6) is 5.75 Å². The molecule has 1 aromatic rings. The zero-order valence-corrected chi connectivity index (χ0v) is 14.2. The van der Waals surface area contributed by atoms with Crippen molar-refractivity contribution in [3.8, 4) is 5.75 Å². The molecule has 0 aromatic heterocycles. The van der Waals surface area contributed by atoms with Gasteiger partial charge in [0, 0.05) is 26.6 Å². The first-order valence-electron chi connectivity index (χ1n) is 8.18. The molecule has 2 N–H and O–H groups in total. The molecular formula is C17H25N3O4. The smallest absolute Gasteiger partial charge is 0.318 e. The fourth-order valence-electron chi connectivity index (χ4n) is 2.69. The van der Waals surface area contributed by atoms with Crippen LogP contribution in [0, 0.1) is 0 Å². The predicted octanol–water partition coefficient (Wildman–Crippen LogP) is 1.00. The molecule has 0 unspecified atom stereocenters. The average molecular weight is 335 g/mol. The molecule has 3 amide bonds. The number of hydrogen-bond acceptors (Lipinski definition) is 4. The number of hydrogen-bond donors (Lipinski definition) is 2. The van der Waals surface area contributed by atoms with Crippen molar-refractivity contribution in [3.63, 3.8) is 0 Å². The van der Waals surface area contributed by atoms with Crippen LogP contribution in [0.15, 0.2) is 30.3 Å². The minimum atomic E-state index is -0.540. The van der Waals surface area contributed by atoms with Gasteiger partial charge >= 0.3 is 6.03 Å². The Bertz CT molecular complexity index is 538. The number of benzene rings is 1. The molecule has 0 radical (unpaired) electrons. The number of ether oxygens (including phenoxy) is 2. The summed E-state index contributed by atoms with van der Waals surface area (Å²) in [4.78, 5) is 26.2. The lowest BCUT2D eigenvalue weighted by molar-refractivity contribution is -0.124. The number of methoxy groups -OCH3 is 1. The Labute approximate surface area is 142 Å². The maximum Gasteiger partial charge on any atom is 0.318 e. The van der Waals surface area contributed by atoms with Gasteiger partial charge in [-0.3, -0.25) is 4.79 Å². The predicted molar refractivity (Wildman–Crippen MR) is 89.9 cm³/mol. The third kappa shape index (κ3) is 4.86. The molecule has 24 heavy (non-hydrogen) atoms. The second-order valence-electron chi connectivity index (χ2n) is 5.58. The Hall–Kier alpha value is -2.28. The van der Waals surface area contributed by atoms with Crippen molar-refractivity contribution in [3.05, 3.63) is 30.3 Å². The van der Waals surface area contributed by atoms with Crippen LogP contribution in [-0.2, 0) is 9.53 Å². The van der Waals surface area contributed by atoms with Gasteiger partial charge in [-0.25, -0.2) is 4.79 Å².